The fourth-order valence-electron chi connectivity index (χ4n) is 6.60. The quantitative estimate of drug-likeness (QED) is 0.124. The summed E-state index contributed by atoms with van der Waals surface area (Å²) in [4.78, 5) is 96.0. The molecule has 1 aliphatic heterocycles. The van der Waals surface area contributed by atoms with Crippen LogP contribution in [0.3, 0.4) is 0 Å². The van der Waals surface area contributed by atoms with Crippen molar-refractivity contribution in [3.05, 3.63) is 65.7 Å². The van der Waals surface area contributed by atoms with E-state index < -0.39 is 83.7 Å². The Morgan fingerprint density at radius 2 is 1.56 bits per heavy atom. The molecular weight excluding hydrogens is 761 g/mol. The van der Waals surface area contributed by atoms with E-state index in [1.807, 2.05) is 37.3 Å². The minimum atomic E-state index is -1.25. The third kappa shape index (κ3) is 15.5. The summed E-state index contributed by atoms with van der Waals surface area (Å²) in [6.07, 6.45) is 2.90. The second-order valence-corrected chi connectivity index (χ2v) is 15.1. The summed E-state index contributed by atoms with van der Waals surface area (Å²) >= 11 is 0. The molecule has 1 saturated heterocycles. The van der Waals surface area contributed by atoms with E-state index in [0.717, 1.165) is 11.1 Å². The molecule has 17 nitrogen and oxygen atoms in total. The molecule has 3 rings (SSSR count). The van der Waals surface area contributed by atoms with Crippen LogP contribution in [0.1, 0.15) is 83.3 Å². The van der Waals surface area contributed by atoms with Gasteiger partial charge in [-0.3, -0.25) is 24.0 Å². The normalized spacial score (nSPS) is 22.6. The van der Waals surface area contributed by atoms with Crippen LogP contribution in [0.2, 0.25) is 0 Å². The second kappa shape index (κ2) is 24.3. The molecule has 0 saturated carbocycles. The van der Waals surface area contributed by atoms with Gasteiger partial charge in [-0.15, -0.1) is 0 Å². The molecule has 324 valence electrons. The zero-order valence-electron chi connectivity index (χ0n) is 34.5. The van der Waals surface area contributed by atoms with E-state index in [9.17, 15) is 43.8 Å². The Morgan fingerprint density at radius 3 is 2.20 bits per heavy atom. The molecular formula is C42H62N8O9. The molecule has 1 aliphatic rings. The molecule has 7 atom stereocenters. The lowest BCUT2D eigenvalue weighted by molar-refractivity contribution is -0.142. The van der Waals surface area contributed by atoms with Gasteiger partial charge >= 0.3 is 12.0 Å². The van der Waals surface area contributed by atoms with Crippen molar-refractivity contribution in [1.29, 1.82) is 0 Å². The van der Waals surface area contributed by atoms with Crippen molar-refractivity contribution in [1.82, 2.24) is 36.8 Å². The van der Waals surface area contributed by atoms with Crippen molar-refractivity contribution in [2.45, 2.75) is 121 Å². The maximum absolute atomic E-state index is 14.2. The van der Waals surface area contributed by atoms with Gasteiger partial charge in [-0.1, -0.05) is 62.7 Å². The van der Waals surface area contributed by atoms with Crippen molar-refractivity contribution in [2.75, 3.05) is 20.1 Å². The molecule has 0 aromatic heterocycles. The number of nitrogens with zero attached hydrogens (tertiary/aromatic N) is 1. The lowest BCUT2D eigenvalue weighted by Crippen LogP contribution is -2.60. The summed E-state index contributed by atoms with van der Waals surface area (Å²) in [5.74, 6) is -4.62. The molecule has 7 amide bonds. The number of nitrogens with one attached hydrogen (secondary N) is 6. The van der Waals surface area contributed by atoms with Crippen LogP contribution in [0.5, 0.6) is 5.75 Å². The first-order valence-electron chi connectivity index (χ1n) is 20.4. The number of aryl methyl sites for hydroxylation is 1. The van der Waals surface area contributed by atoms with Crippen LogP contribution in [0.25, 0.3) is 0 Å². The van der Waals surface area contributed by atoms with E-state index in [2.05, 4.69) is 31.9 Å². The van der Waals surface area contributed by atoms with Crippen LogP contribution in [-0.4, -0.2) is 113 Å². The van der Waals surface area contributed by atoms with Gasteiger partial charge in [-0.05, 0) is 94.0 Å². The highest BCUT2D eigenvalue weighted by atomic mass is 16.4. The largest absolute Gasteiger partial charge is 0.508 e. The fourth-order valence-corrected chi connectivity index (χ4v) is 6.60. The maximum atomic E-state index is 14.2. The smallest absolute Gasteiger partial charge is 0.326 e. The lowest BCUT2D eigenvalue weighted by atomic mass is 9.96. The predicted octanol–water partition coefficient (Wildman–Crippen LogP) is 1.47. The van der Waals surface area contributed by atoms with Gasteiger partial charge in [0.05, 0.1) is 0 Å². The number of carboxylic acids is 1. The molecule has 59 heavy (non-hydrogen) atoms. The summed E-state index contributed by atoms with van der Waals surface area (Å²) < 4.78 is 0. The van der Waals surface area contributed by atoms with E-state index >= 15 is 0 Å². The van der Waals surface area contributed by atoms with Crippen molar-refractivity contribution in [2.24, 2.45) is 11.7 Å². The van der Waals surface area contributed by atoms with Crippen LogP contribution in [-0.2, 0) is 41.6 Å². The highest BCUT2D eigenvalue weighted by molar-refractivity contribution is 5.96. The number of carbonyl (C=O) groups is 7. The third-order valence-corrected chi connectivity index (χ3v) is 10.7. The van der Waals surface area contributed by atoms with Gasteiger partial charge in [0.1, 0.15) is 42.0 Å². The molecule has 0 unspecified atom stereocenters. The van der Waals surface area contributed by atoms with E-state index in [0.29, 0.717) is 45.1 Å². The average Bonchev–Trinajstić information content (AvgIpc) is 3.22. The van der Waals surface area contributed by atoms with Crippen LogP contribution >= 0.6 is 0 Å². The second-order valence-electron chi connectivity index (χ2n) is 15.1. The first-order chi connectivity index (χ1) is 28.1. The lowest BCUT2D eigenvalue weighted by Gasteiger charge is -2.32. The van der Waals surface area contributed by atoms with E-state index in [1.54, 1.807) is 19.1 Å². The molecule has 0 spiro atoms. The number of rotatable bonds is 14. The minimum absolute atomic E-state index is 0.0606. The highest BCUT2D eigenvalue weighted by Crippen LogP contribution is 2.16. The van der Waals surface area contributed by atoms with E-state index in [-0.39, 0.29) is 38.0 Å². The van der Waals surface area contributed by atoms with E-state index in [4.69, 9.17) is 5.73 Å². The molecule has 0 bridgehead atoms. The van der Waals surface area contributed by atoms with Gasteiger partial charge in [0.25, 0.3) is 0 Å². The maximum Gasteiger partial charge on any atom is 0.326 e. The number of aromatic hydroxyl groups is 1. The number of benzene rings is 2. The van der Waals surface area contributed by atoms with Gasteiger partial charge < -0.3 is 52.7 Å². The molecule has 2 aromatic rings. The Kier molecular flexibility index (Phi) is 19.6. The number of phenols is 1. The number of hydrogen-bond donors (Lipinski definition) is 9. The zero-order chi connectivity index (χ0) is 43.5. The number of amides is 7. The number of carboxylic acid groups (broad SMARTS) is 1. The minimum Gasteiger partial charge on any atom is -0.508 e. The van der Waals surface area contributed by atoms with Crippen molar-refractivity contribution < 1.29 is 43.8 Å². The van der Waals surface area contributed by atoms with Crippen molar-refractivity contribution >= 4 is 41.5 Å². The zero-order valence-corrected chi connectivity index (χ0v) is 34.5. The average molecular weight is 823 g/mol. The summed E-state index contributed by atoms with van der Waals surface area (Å²) in [5.41, 5.74) is 7.11. The summed E-state index contributed by atoms with van der Waals surface area (Å²) in [6.45, 7) is 5.64. The van der Waals surface area contributed by atoms with Gasteiger partial charge in [0.2, 0.25) is 29.5 Å². The molecule has 1 heterocycles. The number of urea groups is 1. The van der Waals surface area contributed by atoms with Gasteiger partial charge in [0, 0.05) is 20.0 Å². The van der Waals surface area contributed by atoms with Crippen molar-refractivity contribution in [3.8, 4) is 5.75 Å². The first kappa shape index (κ1) is 47.7. The number of unbranched alkanes of at least 4 members (excludes halogenated alkanes) is 1. The SMILES string of the molecule is CC[C@H](C)[C@H]1NC(=O)[C@H](NC(=O)N[C@@H](CCCCN)C(=O)O)CCCCNC(=O)[C@H](Cc2ccccc2)NC(=O)[C@H](C)N(C)C(=O)[C@H](CCc2ccc(O)cc2)NC1=O. The number of phenolic OH excluding ortho intramolecular Hbond substituents is 1. The topological polar surface area (TPSA) is 261 Å². The predicted molar refractivity (Wildman–Crippen MR) is 221 cm³/mol. The Labute approximate surface area is 346 Å². The number of hydrogen-bond acceptors (Lipinski definition) is 9. The van der Waals surface area contributed by atoms with Crippen LogP contribution in [0, 0.1) is 5.92 Å². The number of nitrogens with two attached hydrogens (primary N) is 1. The van der Waals surface area contributed by atoms with Crippen molar-refractivity contribution in [3.63, 3.8) is 0 Å². The summed E-state index contributed by atoms with van der Waals surface area (Å²) in [6, 6.07) is 7.78. The first-order valence-corrected chi connectivity index (χ1v) is 20.4. The number of likely N-dealkylation sites (N-methyl/N-ethyl adjacent to an activating group) is 1. The summed E-state index contributed by atoms with van der Waals surface area (Å²) in [7, 11) is 1.43. The fraction of sp³-hybridized carbons (Fsp3) is 0.548. The van der Waals surface area contributed by atoms with Gasteiger partial charge in [0.15, 0.2) is 0 Å². The molecule has 2 aromatic carbocycles. The molecule has 0 radical (unpaired) electrons. The molecule has 1 fully saturated rings. The van der Waals surface area contributed by atoms with E-state index in [1.165, 1.54) is 31.0 Å². The Hall–Kier alpha value is -5.71. The van der Waals surface area contributed by atoms with Gasteiger partial charge in [-0.2, -0.15) is 0 Å². The van der Waals surface area contributed by atoms with Crippen LogP contribution < -0.4 is 37.6 Å². The Bertz CT molecular complexity index is 1710. The monoisotopic (exact) mass is 822 g/mol. The van der Waals surface area contributed by atoms with Crippen LogP contribution in [0.4, 0.5) is 4.79 Å². The standard InChI is InChI=1S/C42H62N8O9/c1-5-26(2)35-39(55)45-32(22-19-28-17-20-30(51)21-18-28)40(56)50(4)27(3)36(52)46-34(25-29-13-7-6-8-14-29)37(53)44-24-12-10-15-31(38(54)49-35)47-42(59)48-33(41(57)58)16-9-11-23-43/h6-8,13-14,17-18,20-21,26-27,31-35,51H,5,9-12,15-16,19,22-25,43H2,1-4H3,(H,44,53)(H,45,55)(H,46,52)(H,49,54)(H,57,58)(H2,47,48,59)/t26-,27-,31+,32-,33-,34-,35+/m0/s1. The third-order valence-electron chi connectivity index (χ3n) is 10.7. The number of aliphatic carboxylic acids is 1. The highest BCUT2D eigenvalue weighted by Gasteiger charge is 2.36. The molecule has 10 N–H and O–H groups in total. The number of carbonyl (C=O) groups excluding carboxylic acids is 6. The summed E-state index contributed by atoms with van der Waals surface area (Å²) in [5, 5.41) is 35.8. The molecule has 17 heteroatoms. The Balaban J connectivity index is 1.98. The molecule has 0 aliphatic carbocycles. The van der Waals surface area contributed by atoms with Gasteiger partial charge in [-0.25, -0.2) is 9.59 Å². The Morgan fingerprint density at radius 1 is 0.881 bits per heavy atom. The van der Waals surface area contributed by atoms with Crippen LogP contribution in [0.15, 0.2) is 54.6 Å².